The number of allylic oxidation sites excluding steroid dienone is 2. The Morgan fingerprint density at radius 1 is 0.434 bits per heavy atom. The summed E-state index contributed by atoms with van der Waals surface area (Å²) in [6.45, 7) is 26.7. The fraction of sp³-hybridized carbons (Fsp3) is 0.417. The number of rotatable bonds is 16. The lowest BCUT2D eigenvalue weighted by Gasteiger charge is -2.55. The smallest absolute Gasteiger partial charge is 0.251 e. The second kappa shape index (κ2) is 17.4. The van der Waals surface area contributed by atoms with E-state index in [1.807, 2.05) is 0 Å². The molecule has 4 aromatic rings. The SMILES string of the molecule is CC(C=CCC(C)(C)[Si](O[Si](c1ccccc1)(c1ccccc1)C(C)(C)CC=CC(C)OC(C)(C)C)(c1ccccc1)c1ccccc1)OC(C)(C)C. The Balaban J connectivity index is 2.05. The Morgan fingerprint density at radius 3 is 0.906 bits per heavy atom. The maximum atomic E-state index is 8.72. The lowest BCUT2D eigenvalue weighted by Crippen LogP contribution is -2.78. The normalized spacial score (nSPS) is 14.9. The van der Waals surface area contributed by atoms with Gasteiger partial charge in [0.15, 0.2) is 0 Å². The van der Waals surface area contributed by atoms with Crippen LogP contribution in [0.4, 0.5) is 0 Å². The van der Waals surface area contributed by atoms with Gasteiger partial charge in [-0.1, -0.05) is 173 Å². The van der Waals surface area contributed by atoms with Crippen molar-refractivity contribution < 1.29 is 13.6 Å². The van der Waals surface area contributed by atoms with E-state index in [9.17, 15) is 0 Å². The van der Waals surface area contributed by atoms with Crippen LogP contribution in [0.25, 0.3) is 0 Å². The molecule has 0 aromatic heterocycles. The van der Waals surface area contributed by atoms with Crippen LogP contribution in [0, 0.1) is 0 Å². The average Bonchev–Trinajstić information content (AvgIpc) is 3.08. The van der Waals surface area contributed by atoms with Gasteiger partial charge in [0.05, 0.1) is 23.4 Å². The molecule has 4 aromatic carbocycles. The summed E-state index contributed by atoms with van der Waals surface area (Å²) < 4.78 is 21.4. The first kappa shape index (κ1) is 42.4. The van der Waals surface area contributed by atoms with Crippen LogP contribution in [0.5, 0.6) is 0 Å². The third-order valence-corrected chi connectivity index (χ3v) is 21.3. The van der Waals surface area contributed by atoms with E-state index in [2.05, 4.69) is 229 Å². The minimum atomic E-state index is -3.18. The molecule has 0 aliphatic carbocycles. The topological polar surface area (TPSA) is 27.7 Å². The maximum Gasteiger partial charge on any atom is 0.251 e. The molecular weight excluding hydrogens is 681 g/mol. The average molecular weight is 747 g/mol. The zero-order chi connectivity index (χ0) is 39.0. The van der Waals surface area contributed by atoms with Crippen LogP contribution >= 0.6 is 0 Å². The molecule has 0 N–H and O–H groups in total. The summed E-state index contributed by atoms with van der Waals surface area (Å²) in [7, 11) is -6.35. The van der Waals surface area contributed by atoms with Crippen molar-refractivity contribution in [3.8, 4) is 0 Å². The van der Waals surface area contributed by atoms with Gasteiger partial charge < -0.3 is 13.6 Å². The molecule has 0 spiro atoms. The minimum absolute atomic E-state index is 0.00582. The van der Waals surface area contributed by atoms with Crippen molar-refractivity contribution in [2.45, 2.75) is 129 Å². The van der Waals surface area contributed by atoms with E-state index in [4.69, 9.17) is 13.6 Å². The summed E-state index contributed by atoms with van der Waals surface area (Å²) in [4.78, 5) is 0. The van der Waals surface area contributed by atoms with Gasteiger partial charge in [0.25, 0.3) is 16.6 Å². The van der Waals surface area contributed by atoms with Crippen molar-refractivity contribution in [2.24, 2.45) is 0 Å². The molecule has 0 radical (unpaired) electrons. The zero-order valence-corrected chi connectivity index (χ0v) is 36.7. The highest BCUT2D eigenvalue weighted by Crippen LogP contribution is 2.48. The Morgan fingerprint density at radius 2 is 0.679 bits per heavy atom. The molecule has 0 bridgehead atoms. The minimum Gasteiger partial charge on any atom is -0.441 e. The molecule has 0 saturated heterocycles. The van der Waals surface area contributed by atoms with E-state index in [0.29, 0.717) is 0 Å². The maximum absolute atomic E-state index is 8.72. The monoisotopic (exact) mass is 746 g/mol. The largest absolute Gasteiger partial charge is 0.441 e. The van der Waals surface area contributed by atoms with Crippen LogP contribution in [-0.4, -0.2) is 40.0 Å². The molecule has 0 amide bonds. The zero-order valence-electron chi connectivity index (χ0n) is 34.7. The molecule has 0 aliphatic rings. The van der Waals surface area contributed by atoms with Crippen LogP contribution < -0.4 is 20.7 Å². The first-order valence-electron chi connectivity index (χ1n) is 19.4. The number of hydrogen-bond acceptors (Lipinski definition) is 3. The van der Waals surface area contributed by atoms with Gasteiger partial charge in [0.1, 0.15) is 0 Å². The van der Waals surface area contributed by atoms with Crippen molar-refractivity contribution in [1.82, 2.24) is 0 Å². The van der Waals surface area contributed by atoms with E-state index < -0.39 is 16.6 Å². The number of ether oxygens (including phenoxy) is 2. The second-order valence-electron chi connectivity index (χ2n) is 17.8. The van der Waals surface area contributed by atoms with Crippen molar-refractivity contribution in [3.05, 3.63) is 146 Å². The van der Waals surface area contributed by atoms with Gasteiger partial charge in [-0.05, 0) is 99.1 Å². The molecule has 0 saturated carbocycles. The molecule has 5 heteroatoms. The Kier molecular flexibility index (Phi) is 13.9. The quantitative estimate of drug-likeness (QED) is 0.0844. The lowest BCUT2D eigenvalue weighted by molar-refractivity contribution is -0.0304. The second-order valence-corrected chi connectivity index (χ2v) is 26.4. The molecule has 284 valence electrons. The van der Waals surface area contributed by atoms with Crippen LogP contribution in [0.1, 0.15) is 95.9 Å². The standard InChI is InChI=1S/C48H66O3Si2/c1-39(49-45(3,4)5)27-25-37-47(9,10)52(41-29-17-13-18-30-41,42-31-19-14-20-32-42)51-53(43-33-21-15-22-34-43,44-35-23-16-24-36-44)48(11,12)38-26-28-40(2)50-46(6,7)8/h13-36,39-40H,37-38H2,1-12H3. The lowest BCUT2D eigenvalue weighted by atomic mass is 10.1. The van der Waals surface area contributed by atoms with Gasteiger partial charge in [-0.3, -0.25) is 0 Å². The summed E-state index contributed by atoms with van der Waals surface area (Å²) in [5.74, 6) is 0. The van der Waals surface area contributed by atoms with Crippen molar-refractivity contribution in [1.29, 1.82) is 0 Å². The van der Waals surface area contributed by atoms with E-state index >= 15 is 0 Å². The van der Waals surface area contributed by atoms with Gasteiger partial charge in [-0.15, -0.1) is 0 Å². The van der Waals surface area contributed by atoms with Crippen LogP contribution in [0.2, 0.25) is 10.1 Å². The Labute approximate surface area is 324 Å². The third-order valence-electron chi connectivity index (χ3n) is 10.1. The fourth-order valence-electron chi connectivity index (χ4n) is 7.92. The molecule has 3 nitrogen and oxygen atoms in total. The predicted octanol–water partition coefficient (Wildman–Crippen LogP) is 10.4. The Bertz CT molecular complexity index is 1520. The van der Waals surface area contributed by atoms with Gasteiger partial charge in [-0.25, -0.2) is 0 Å². The highest BCUT2D eigenvalue weighted by Gasteiger charge is 2.61. The summed E-state index contributed by atoms with van der Waals surface area (Å²) in [6.07, 6.45) is 10.8. The van der Waals surface area contributed by atoms with Crippen LogP contribution in [0.15, 0.2) is 146 Å². The highest BCUT2D eigenvalue weighted by molar-refractivity contribution is 7.11. The van der Waals surface area contributed by atoms with E-state index in [-0.39, 0.29) is 33.5 Å². The molecule has 2 atom stereocenters. The van der Waals surface area contributed by atoms with Crippen LogP contribution in [0.3, 0.4) is 0 Å². The van der Waals surface area contributed by atoms with Crippen molar-refractivity contribution in [2.75, 3.05) is 0 Å². The van der Waals surface area contributed by atoms with Gasteiger partial charge in [0, 0.05) is 0 Å². The molecule has 53 heavy (non-hydrogen) atoms. The van der Waals surface area contributed by atoms with E-state index in [1.54, 1.807) is 0 Å². The van der Waals surface area contributed by atoms with Gasteiger partial charge >= 0.3 is 0 Å². The van der Waals surface area contributed by atoms with Crippen molar-refractivity contribution in [3.63, 3.8) is 0 Å². The molecular formula is C48H66O3Si2. The van der Waals surface area contributed by atoms with Gasteiger partial charge in [-0.2, -0.15) is 0 Å². The fourth-order valence-corrected chi connectivity index (χ4v) is 21.1. The van der Waals surface area contributed by atoms with Gasteiger partial charge in [0.2, 0.25) is 0 Å². The molecule has 0 fully saturated rings. The van der Waals surface area contributed by atoms with Crippen molar-refractivity contribution >= 4 is 37.4 Å². The summed E-state index contributed by atoms with van der Waals surface area (Å²) in [6, 6.07) is 44.6. The molecule has 4 rings (SSSR count). The van der Waals surface area contributed by atoms with E-state index in [0.717, 1.165) is 12.8 Å². The Hall–Kier alpha value is -3.33. The van der Waals surface area contributed by atoms with Crippen LogP contribution in [-0.2, 0) is 13.6 Å². The van der Waals surface area contributed by atoms with E-state index in [1.165, 1.54) is 20.7 Å². The molecule has 0 aliphatic heterocycles. The molecule has 0 heterocycles. The highest BCUT2D eigenvalue weighted by atomic mass is 28.4. The first-order chi connectivity index (χ1) is 24.8. The predicted molar refractivity (Wildman–Crippen MR) is 233 cm³/mol. The summed E-state index contributed by atoms with van der Waals surface area (Å²) in [5, 5.41) is 4.57. The number of hydrogen-bond donors (Lipinski definition) is 0. The molecule has 2 unspecified atom stereocenters. The first-order valence-corrected chi connectivity index (χ1v) is 23.3. The number of benzene rings is 4. The third kappa shape index (κ3) is 10.5. The summed E-state index contributed by atoms with van der Waals surface area (Å²) in [5.41, 5.74) is -0.440. The summed E-state index contributed by atoms with van der Waals surface area (Å²) >= 11 is 0.